The number of amides is 17. The van der Waals surface area contributed by atoms with Crippen molar-refractivity contribution in [3.05, 3.63) is 114 Å². The number of benzene rings is 4. The zero-order valence-electron chi connectivity index (χ0n) is 66.2. The van der Waals surface area contributed by atoms with E-state index in [4.69, 9.17) is 33.4 Å². The Morgan fingerprint density at radius 1 is 0.605 bits per heavy atom. The highest BCUT2D eigenvalue weighted by Crippen LogP contribution is 2.24. The zero-order valence-corrected chi connectivity index (χ0v) is 67.0. The van der Waals surface area contributed by atoms with Crippen molar-refractivity contribution in [3.63, 3.8) is 0 Å². The van der Waals surface area contributed by atoms with Gasteiger partial charge in [0.2, 0.25) is 100 Å². The number of carbonyl (C=O) groups excluding carboxylic acids is 17. The number of nitrogens with two attached hydrogens (primary N) is 5. The highest BCUT2D eigenvalue weighted by Gasteiger charge is 2.42. The van der Waals surface area contributed by atoms with Gasteiger partial charge >= 0.3 is 5.97 Å². The fourth-order valence-corrected chi connectivity index (χ4v) is 13.7. The van der Waals surface area contributed by atoms with Gasteiger partial charge in [-0.15, -0.1) is 0 Å². The van der Waals surface area contributed by atoms with Gasteiger partial charge in [0, 0.05) is 75.2 Å². The van der Waals surface area contributed by atoms with E-state index in [-0.39, 0.29) is 69.9 Å². The highest BCUT2D eigenvalue weighted by molar-refractivity contribution is 7.99. The number of H-pyrrole nitrogens is 1. The zero-order chi connectivity index (χ0) is 87.6. The number of nitrogens with one attached hydrogen (secondary N) is 14. The van der Waals surface area contributed by atoms with Crippen molar-refractivity contribution in [2.24, 2.45) is 28.7 Å². The van der Waals surface area contributed by atoms with Gasteiger partial charge in [0.15, 0.2) is 0 Å². The summed E-state index contributed by atoms with van der Waals surface area (Å²) in [7, 11) is 0. The van der Waals surface area contributed by atoms with E-state index in [0.717, 1.165) is 31.0 Å². The van der Waals surface area contributed by atoms with Crippen LogP contribution in [-0.2, 0) is 106 Å². The molecule has 40 nitrogen and oxygen atoms in total. The topological polar surface area (TPSA) is 659 Å². The molecule has 0 unspecified atom stereocenters. The molecule has 644 valence electrons. The summed E-state index contributed by atoms with van der Waals surface area (Å²) in [5, 5.41) is 55.7. The molecule has 12 atom stereocenters. The van der Waals surface area contributed by atoms with Gasteiger partial charge in [0.25, 0.3) is 0 Å². The Bertz CT molecular complexity index is 4510. The van der Waals surface area contributed by atoms with E-state index in [9.17, 15) is 67.7 Å². The number of aromatic nitrogens is 1. The van der Waals surface area contributed by atoms with Crippen LogP contribution in [0.5, 0.6) is 5.75 Å². The van der Waals surface area contributed by atoms with Gasteiger partial charge in [-0.05, 0) is 117 Å². The minimum atomic E-state index is -2.11. The third-order valence-electron chi connectivity index (χ3n) is 19.0. The van der Waals surface area contributed by atoms with Gasteiger partial charge in [-0.1, -0.05) is 72.8 Å². The van der Waals surface area contributed by atoms with E-state index >= 15 is 28.8 Å². The Kier molecular flexibility index (Phi) is 37.4. The van der Waals surface area contributed by atoms with Crippen LogP contribution in [0, 0.1) is 0 Å². The van der Waals surface area contributed by atoms with Crippen LogP contribution >= 0.6 is 11.8 Å². The molecule has 0 radical (unpaired) electrons. The molecule has 6 rings (SSSR count). The fraction of sp³-hybridized carbons (Fsp3) is 0.462. The highest BCUT2D eigenvalue weighted by atomic mass is 32.2. The fourth-order valence-electron chi connectivity index (χ4n) is 12.6. The first-order chi connectivity index (χ1) is 56.4. The lowest BCUT2D eigenvalue weighted by molar-refractivity contribution is -0.140. The number of aliphatic hydroxyl groups excluding tert-OH is 1. The molecule has 26 N–H and O–H groups in total. The van der Waals surface area contributed by atoms with Crippen molar-refractivity contribution in [2.75, 3.05) is 37.7 Å². The number of aliphatic hydroxyl groups is 1. The van der Waals surface area contributed by atoms with Crippen LogP contribution in [0.15, 0.2) is 97.2 Å². The summed E-state index contributed by atoms with van der Waals surface area (Å²) >= 11 is 0.903. The number of thioether (sulfide) groups is 1. The Balaban J connectivity index is 1.48. The molecule has 1 aliphatic heterocycles. The van der Waals surface area contributed by atoms with Crippen molar-refractivity contribution < 1.29 is 101 Å². The van der Waals surface area contributed by atoms with Crippen LogP contribution in [0.25, 0.3) is 21.7 Å². The van der Waals surface area contributed by atoms with E-state index in [1.165, 1.54) is 38.1 Å². The maximum atomic E-state index is 15.7. The summed E-state index contributed by atoms with van der Waals surface area (Å²) < 4.78 is 5.82. The normalized spacial score (nSPS) is 18.7. The van der Waals surface area contributed by atoms with Crippen LogP contribution < -0.4 is 103 Å². The maximum Gasteiger partial charge on any atom is 0.303 e. The number of para-hydroxylation sites is 1. The summed E-state index contributed by atoms with van der Waals surface area (Å²) in [5.74, 6) is -19.0. The smallest absolute Gasteiger partial charge is 0.303 e. The second kappa shape index (κ2) is 46.8. The minimum Gasteiger partial charge on any atom is -0.492 e. The van der Waals surface area contributed by atoms with Crippen LogP contribution in [0.3, 0.4) is 0 Å². The Morgan fingerprint density at radius 2 is 1.20 bits per heavy atom. The molecule has 17 amide bonds. The molecule has 2 heterocycles. The number of carbonyl (C=O) groups is 18. The SMILES string of the molecule is CC(=O)NCCOc1ccc(C[C@H](NC(=O)[C@@H]2CSCC[C@H](NC(C)=O)C(=O)N[C@@H](CCC(N)=O)C(=O)N[C@@H]([C@@H](C)O)C(=O)N[C@@H](Cc3c[nH]c4ccccc34)C(=O)N[C@@H](CCC(N)=O)C(=O)N2)C(=O)N[C@@H](Cc2ccc3ccccc3c2)C(=O)N[C@@](C)(CCCCN)C(=O)N[C@@H](CCC(=O)O)C(=O)N[C@@H](CC(N)=O)C(=O)NCC(N)=O)cc1. The molecule has 41 heteroatoms. The first-order valence-corrected chi connectivity index (χ1v) is 39.5. The molecular weight excluding hydrogens is 1570 g/mol. The number of carboxylic acid groups (broad SMARTS) is 1. The number of fused-ring (bicyclic) bond motifs is 2. The molecule has 0 spiro atoms. The van der Waals surface area contributed by atoms with E-state index in [0.29, 0.717) is 38.7 Å². The summed E-state index contributed by atoms with van der Waals surface area (Å²) in [4.78, 5) is 251. The van der Waals surface area contributed by atoms with Gasteiger partial charge in [0.05, 0.1) is 25.6 Å². The molecule has 1 aromatic heterocycles. The summed E-state index contributed by atoms with van der Waals surface area (Å²) in [6.07, 6.45) is -5.89. The van der Waals surface area contributed by atoms with Crippen LogP contribution in [0.2, 0.25) is 0 Å². The largest absolute Gasteiger partial charge is 0.492 e. The first kappa shape index (κ1) is 95.1. The predicted molar refractivity (Wildman–Crippen MR) is 432 cm³/mol. The molecule has 5 aromatic rings. The number of primary amides is 4. The van der Waals surface area contributed by atoms with Crippen LogP contribution in [0.1, 0.15) is 115 Å². The third kappa shape index (κ3) is 31.6. The minimum absolute atomic E-state index is 0.0260. The molecule has 1 saturated heterocycles. The third-order valence-corrected chi connectivity index (χ3v) is 20.1. The number of aromatic amines is 1. The van der Waals surface area contributed by atoms with E-state index < -0.39 is 236 Å². The number of carboxylic acids is 1. The summed E-state index contributed by atoms with van der Waals surface area (Å²) in [5.41, 5.74) is 27.3. The molecular formula is C78H105N19O21S. The lowest BCUT2D eigenvalue weighted by Crippen LogP contribution is -2.64. The van der Waals surface area contributed by atoms with E-state index in [1.807, 2.05) is 6.07 Å². The predicted octanol–water partition coefficient (Wildman–Crippen LogP) is -4.87. The van der Waals surface area contributed by atoms with Crippen molar-refractivity contribution in [1.82, 2.24) is 74.1 Å². The second-order valence-electron chi connectivity index (χ2n) is 28.8. The quantitative estimate of drug-likeness (QED) is 0.0164. The Labute approximate surface area is 687 Å². The lowest BCUT2D eigenvalue weighted by atomic mass is 9.91. The number of hydrogen-bond donors (Lipinski definition) is 21. The molecule has 1 aliphatic rings. The van der Waals surface area contributed by atoms with Gasteiger partial charge in [-0.25, -0.2) is 0 Å². The lowest BCUT2D eigenvalue weighted by Gasteiger charge is -2.34. The Morgan fingerprint density at radius 3 is 1.83 bits per heavy atom. The monoisotopic (exact) mass is 1680 g/mol. The molecule has 4 aromatic carbocycles. The Hall–Kier alpha value is -12.8. The number of aliphatic carboxylic acids is 1. The molecule has 0 saturated carbocycles. The van der Waals surface area contributed by atoms with Gasteiger partial charge in [-0.3, -0.25) is 86.3 Å². The van der Waals surface area contributed by atoms with E-state index in [2.05, 4.69) is 74.1 Å². The van der Waals surface area contributed by atoms with Crippen LogP contribution in [-0.4, -0.2) is 231 Å². The summed E-state index contributed by atoms with van der Waals surface area (Å²) in [6, 6.07) is 7.72. The number of ether oxygens (including phenoxy) is 1. The van der Waals surface area contributed by atoms with Crippen molar-refractivity contribution in [2.45, 2.75) is 190 Å². The average Bonchev–Trinajstić information content (AvgIpc) is 1.80. The number of rotatable bonds is 40. The molecule has 119 heavy (non-hydrogen) atoms. The first-order valence-electron chi connectivity index (χ1n) is 38.3. The van der Waals surface area contributed by atoms with Gasteiger partial charge in [-0.2, -0.15) is 11.8 Å². The van der Waals surface area contributed by atoms with Gasteiger partial charge in [0.1, 0.15) is 78.3 Å². The maximum absolute atomic E-state index is 15.7. The van der Waals surface area contributed by atoms with Crippen molar-refractivity contribution in [3.8, 4) is 5.75 Å². The standard InChI is InChI=1S/C78H105N19O21S/c1-41(98)66-76(116)93-58(36-48-38-85-51-14-8-7-13-50(48)51)73(113)89-52(21-24-61(80)101)68(108)94-60(40-119-32-27-55(87-43(3)100)70(110)88-53(71(111)96-66)22-25-62(81)102)74(114)90-56(34-44-16-19-49(20-17-44)118-31-30-84-42(2)99)72(112)91-57(35-45-15-18-46-11-5-6-12-47(46)33-45)75(115)97-78(4,28-9-10-29-79)77(117)95-54(23-26-65(105)106)69(109)92-59(37-63(82)103)67(107)86-39-64(83)104/h5-8,11-20,33,38,41,52-60,66,85,98H,9-10,21-32,34-37,39-40,79H2,1-4H3,(H2,80,101)(H2,81,102)(H2,82,103)(H2,83,104)(H,84,99)(H,86,107)(H,87,100)(H,88,110)(H,89,113)(H,90,114)(H,91,112)(H,92,109)(H,93,116)(H,94,108)(H,95,117)(H,96,111)(H,97,115)(H,105,106)/t41-,52+,53+,54+,55+,56+,57+,58+,59+,60+,66+,78+/m1/s1. The van der Waals surface area contributed by atoms with Crippen LogP contribution in [0.4, 0.5) is 0 Å². The molecule has 1 fully saturated rings. The van der Waals surface area contributed by atoms with Crippen molar-refractivity contribution in [1.29, 1.82) is 0 Å². The molecule has 0 bridgehead atoms. The van der Waals surface area contributed by atoms with Crippen molar-refractivity contribution >= 4 is 140 Å². The number of hydrogen-bond acceptors (Lipinski definition) is 22. The second-order valence-corrected chi connectivity index (χ2v) is 29.9. The van der Waals surface area contributed by atoms with E-state index in [1.54, 1.807) is 66.9 Å². The summed E-state index contributed by atoms with van der Waals surface area (Å²) in [6.45, 7) is 4.30. The number of unbranched alkanes of at least 4 members (excludes halogenated alkanes) is 1. The average molecular weight is 1680 g/mol. The van der Waals surface area contributed by atoms with Gasteiger partial charge < -0.3 is 118 Å². The molecule has 0 aliphatic carbocycles.